The normalized spacial score (nSPS) is 21.2. The van der Waals surface area contributed by atoms with E-state index in [0.717, 1.165) is 12.6 Å². The maximum atomic E-state index is 5.71. The summed E-state index contributed by atoms with van der Waals surface area (Å²) >= 11 is 1.86. The zero-order valence-electron chi connectivity index (χ0n) is 13.0. The Balaban J connectivity index is 1.83. The highest BCUT2D eigenvalue weighted by atomic mass is 32.1. The molecular weight excluding hydrogens is 268 g/mol. The summed E-state index contributed by atoms with van der Waals surface area (Å²) in [5.41, 5.74) is 1.37. The molecule has 1 unspecified atom stereocenters. The summed E-state index contributed by atoms with van der Waals surface area (Å²) in [6.07, 6.45) is 5.46. The second-order valence-corrected chi connectivity index (χ2v) is 8.34. The minimum Gasteiger partial charge on any atom is -0.374 e. The Labute approximate surface area is 126 Å². The highest BCUT2D eigenvalue weighted by Gasteiger charge is 2.36. The lowest BCUT2D eigenvalue weighted by Gasteiger charge is -2.18. The zero-order chi connectivity index (χ0) is 14.3. The number of hydrogen-bond acceptors (Lipinski definition) is 4. The number of nitrogens with one attached hydrogen (secondary N) is 1. The van der Waals surface area contributed by atoms with Crippen LogP contribution in [0.4, 0.5) is 0 Å². The van der Waals surface area contributed by atoms with E-state index in [-0.39, 0.29) is 11.5 Å². The molecule has 1 aromatic heterocycles. The summed E-state index contributed by atoms with van der Waals surface area (Å²) in [5, 5.41) is 4.82. The van der Waals surface area contributed by atoms with Gasteiger partial charge in [0.25, 0.3) is 0 Å². The van der Waals surface area contributed by atoms with Crippen molar-refractivity contribution in [3.05, 3.63) is 15.6 Å². The van der Waals surface area contributed by atoms with Crippen LogP contribution in [0.5, 0.6) is 0 Å². The van der Waals surface area contributed by atoms with E-state index in [9.17, 15) is 0 Å². The lowest BCUT2D eigenvalue weighted by Crippen LogP contribution is -2.20. The molecule has 0 spiro atoms. The van der Waals surface area contributed by atoms with E-state index in [4.69, 9.17) is 9.72 Å². The van der Waals surface area contributed by atoms with Crippen LogP contribution in [0.15, 0.2) is 0 Å². The van der Waals surface area contributed by atoms with Crippen LogP contribution >= 0.6 is 11.3 Å². The number of rotatable bonds is 6. The van der Waals surface area contributed by atoms with Gasteiger partial charge in [-0.3, -0.25) is 0 Å². The molecule has 3 nitrogen and oxygen atoms in total. The first-order chi connectivity index (χ1) is 9.49. The van der Waals surface area contributed by atoms with Gasteiger partial charge in [0.2, 0.25) is 0 Å². The number of methoxy groups -OCH3 is 1. The number of ether oxygens (including phenoxy) is 1. The van der Waals surface area contributed by atoms with Crippen LogP contribution in [0.1, 0.15) is 68.1 Å². The Morgan fingerprint density at radius 1 is 1.30 bits per heavy atom. The Hall–Kier alpha value is -0.450. The van der Waals surface area contributed by atoms with E-state index < -0.39 is 0 Å². The van der Waals surface area contributed by atoms with E-state index >= 15 is 0 Å². The summed E-state index contributed by atoms with van der Waals surface area (Å²) in [7, 11) is 1.82. The lowest BCUT2D eigenvalue weighted by molar-refractivity contribution is 0.0841. The lowest BCUT2D eigenvalue weighted by atomic mass is 9.91. The van der Waals surface area contributed by atoms with E-state index in [1.807, 2.05) is 18.4 Å². The Kier molecular flexibility index (Phi) is 3.91. The maximum absolute atomic E-state index is 5.71. The smallest absolute Gasteiger partial charge is 0.122 e. The van der Waals surface area contributed by atoms with Gasteiger partial charge in [-0.05, 0) is 31.6 Å². The van der Waals surface area contributed by atoms with Crippen molar-refractivity contribution in [2.45, 2.75) is 70.6 Å². The summed E-state index contributed by atoms with van der Waals surface area (Å²) in [4.78, 5) is 6.37. The molecule has 0 saturated heterocycles. The van der Waals surface area contributed by atoms with Gasteiger partial charge in [-0.25, -0.2) is 4.98 Å². The first kappa shape index (κ1) is 14.5. The summed E-state index contributed by atoms with van der Waals surface area (Å²) in [6, 6.07) is 0.745. The van der Waals surface area contributed by atoms with Crippen LogP contribution in [0, 0.1) is 5.92 Å². The third kappa shape index (κ3) is 3.23. The van der Waals surface area contributed by atoms with Crippen molar-refractivity contribution >= 4 is 11.3 Å². The molecule has 1 atom stereocenters. The van der Waals surface area contributed by atoms with Crippen molar-refractivity contribution in [2.24, 2.45) is 5.92 Å². The SMILES string of the molecule is COC(c1nc(C(C)(C)C)c(CNC2CC2)s1)C1CC1. The maximum Gasteiger partial charge on any atom is 0.122 e. The first-order valence-electron chi connectivity index (χ1n) is 7.75. The largest absolute Gasteiger partial charge is 0.374 e. The minimum absolute atomic E-state index is 0.108. The molecule has 1 N–H and O–H groups in total. The minimum atomic E-state index is 0.108. The predicted molar refractivity (Wildman–Crippen MR) is 83.1 cm³/mol. The molecule has 1 aromatic rings. The van der Waals surface area contributed by atoms with Gasteiger partial charge >= 0.3 is 0 Å². The van der Waals surface area contributed by atoms with E-state index in [2.05, 4.69) is 26.1 Å². The van der Waals surface area contributed by atoms with E-state index in [1.54, 1.807) is 0 Å². The fourth-order valence-electron chi connectivity index (χ4n) is 2.62. The molecule has 1 heterocycles. The Morgan fingerprint density at radius 2 is 2.00 bits per heavy atom. The molecule has 2 aliphatic carbocycles. The molecule has 20 heavy (non-hydrogen) atoms. The number of nitrogens with zero attached hydrogens (tertiary/aromatic N) is 1. The van der Waals surface area contributed by atoms with Gasteiger partial charge in [-0.15, -0.1) is 11.3 Å². The quantitative estimate of drug-likeness (QED) is 0.866. The second-order valence-electron chi connectivity index (χ2n) is 7.22. The molecule has 0 amide bonds. The first-order valence-corrected chi connectivity index (χ1v) is 8.57. The van der Waals surface area contributed by atoms with Gasteiger partial charge in [0.15, 0.2) is 0 Å². The molecule has 2 saturated carbocycles. The van der Waals surface area contributed by atoms with Crippen molar-refractivity contribution in [1.82, 2.24) is 10.3 Å². The fourth-order valence-corrected chi connectivity index (χ4v) is 4.01. The second kappa shape index (κ2) is 5.39. The van der Waals surface area contributed by atoms with Gasteiger partial charge < -0.3 is 10.1 Å². The van der Waals surface area contributed by atoms with Gasteiger partial charge in [0, 0.05) is 30.0 Å². The summed E-state index contributed by atoms with van der Waals surface area (Å²) in [5.74, 6) is 0.697. The van der Waals surface area contributed by atoms with Gasteiger partial charge in [0.1, 0.15) is 11.1 Å². The number of thiazole rings is 1. The van der Waals surface area contributed by atoms with Crippen LogP contribution in [-0.4, -0.2) is 18.1 Å². The predicted octanol–water partition coefficient (Wildman–Crippen LogP) is 3.79. The highest BCUT2D eigenvalue weighted by molar-refractivity contribution is 7.11. The van der Waals surface area contributed by atoms with Crippen molar-refractivity contribution in [3.8, 4) is 0 Å². The fraction of sp³-hybridized carbons (Fsp3) is 0.812. The van der Waals surface area contributed by atoms with Crippen molar-refractivity contribution in [1.29, 1.82) is 0 Å². The standard InChI is InChI=1S/C16H26N2OS/c1-16(2,3)14-12(9-17-11-7-8-11)20-15(18-14)13(19-4)10-5-6-10/h10-11,13,17H,5-9H2,1-4H3. The third-order valence-electron chi connectivity index (χ3n) is 4.10. The summed E-state index contributed by atoms with van der Waals surface area (Å²) < 4.78 is 5.71. The van der Waals surface area contributed by atoms with Crippen LogP contribution in [0.2, 0.25) is 0 Å². The molecule has 4 heteroatoms. The average Bonchev–Trinajstić information content (AvgIpc) is 3.26. The van der Waals surface area contributed by atoms with Crippen molar-refractivity contribution < 1.29 is 4.74 Å². The molecule has 0 aliphatic heterocycles. The number of hydrogen-bond donors (Lipinski definition) is 1. The molecule has 3 rings (SSSR count). The third-order valence-corrected chi connectivity index (χ3v) is 5.22. The van der Waals surface area contributed by atoms with Crippen LogP contribution in [0.3, 0.4) is 0 Å². The van der Waals surface area contributed by atoms with Crippen molar-refractivity contribution in [3.63, 3.8) is 0 Å². The summed E-state index contributed by atoms with van der Waals surface area (Å²) in [6.45, 7) is 7.73. The highest BCUT2D eigenvalue weighted by Crippen LogP contribution is 2.45. The van der Waals surface area contributed by atoms with E-state index in [0.29, 0.717) is 5.92 Å². The molecular formula is C16H26N2OS. The van der Waals surface area contributed by atoms with E-state index in [1.165, 1.54) is 41.3 Å². The van der Waals surface area contributed by atoms with Gasteiger partial charge in [-0.2, -0.15) is 0 Å². The molecule has 0 aromatic carbocycles. The molecule has 2 aliphatic rings. The van der Waals surface area contributed by atoms with Crippen LogP contribution < -0.4 is 5.32 Å². The van der Waals surface area contributed by atoms with Gasteiger partial charge in [0.05, 0.1) is 5.69 Å². The van der Waals surface area contributed by atoms with Crippen LogP contribution in [-0.2, 0) is 16.7 Å². The molecule has 0 bridgehead atoms. The molecule has 0 radical (unpaired) electrons. The number of aromatic nitrogens is 1. The van der Waals surface area contributed by atoms with Crippen molar-refractivity contribution in [2.75, 3.05) is 7.11 Å². The Bertz CT molecular complexity index is 469. The molecule has 112 valence electrons. The monoisotopic (exact) mass is 294 g/mol. The zero-order valence-corrected chi connectivity index (χ0v) is 13.8. The van der Waals surface area contributed by atoms with Crippen LogP contribution in [0.25, 0.3) is 0 Å². The topological polar surface area (TPSA) is 34.1 Å². The molecule has 2 fully saturated rings. The van der Waals surface area contributed by atoms with Gasteiger partial charge in [-0.1, -0.05) is 20.8 Å². The Morgan fingerprint density at radius 3 is 2.50 bits per heavy atom. The average molecular weight is 294 g/mol.